The van der Waals surface area contributed by atoms with Gasteiger partial charge in [-0.3, -0.25) is 4.79 Å². The van der Waals surface area contributed by atoms with Crippen molar-refractivity contribution in [3.63, 3.8) is 0 Å². The molecule has 0 bridgehead atoms. The van der Waals surface area contributed by atoms with Gasteiger partial charge in [0.15, 0.2) is 5.13 Å². The van der Waals surface area contributed by atoms with Gasteiger partial charge in [0.2, 0.25) is 5.91 Å². The molecule has 1 heterocycles. The monoisotopic (exact) mass is 263 g/mol. The molecule has 1 aromatic heterocycles. The molecule has 0 radical (unpaired) electrons. The zero-order valence-corrected chi connectivity index (χ0v) is 11.2. The van der Waals surface area contributed by atoms with E-state index < -0.39 is 0 Å². The molecule has 1 amide bonds. The van der Waals surface area contributed by atoms with Crippen LogP contribution in [0.1, 0.15) is 31.7 Å². The number of thiazole rings is 1. The number of hydrogen-bond acceptors (Lipinski definition) is 4. The number of nitrogen functional groups attached to an aromatic ring is 1. The first-order valence-corrected chi connectivity index (χ1v) is 6.92. The number of amides is 1. The second-order valence-corrected chi connectivity index (χ2v) is 5.30. The lowest BCUT2D eigenvalue weighted by molar-refractivity contribution is -0.121. The van der Waals surface area contributed by atoms with E-state index >= 15 is 0 Å². The number of unbranched alkanes of at least 4 members (excludes halogenated alkanes) is 1. The number of anilines is 1. The molecule has 0 saturated carbocycles. The summed E-state index contributed by atoms with van der Waals surface area (Å²) in [6, 6.07) is 5.95. The average molecular weight is 263 g/mol. The second-order valence-electron chi connectivity index (χ2n) is 4.23. The topological polar surface area (TPSA) is 68.0 Å². The first-order valence-electron chi connectivity index (χ1n) is 6.10. The highest BCUT2D eigenvalue weighted by molar-refractivity contribution is 7.22. The normalized spacial score (nSPS) is 10.7. The van der Waals surface area contributed by atoms with Crippen LogP contribution in [-0.2, 0) is 11.3 Å². The fourth-order valence-corrected chi connectivity index (χ4v) is 2.52. The van der Waals surface area contributed by atoms with Crippen molar-refractivity contribution in [3.8, 4) is 0 Å². The lowest BCUT2D eigenvalue weighted by Crippen LogP contribution is -2.22. The van der Waals surface area contributed by atoms with E-state index in [1.807, 2.05) is 18.2 Å². The van der Waals surface area contributed by atoms with Crippen molar-refractivity contribution in [2.45, 2.75) is 32.7 Å². The number of rotatable bonds is 5. The van der Waals surface area contributed by atoms with Crippen LogP contribution in [0.4, 0.5) is 5.13 Å². The Hall–Kier alpha value is -1.62. The van der Waals surface area contributed by atoms with Gasteiger partial charge in [0.05, 0.1) is 10.2 Å². The zero-order chi connectivity index (χ0) is 13.0. The third kappa shape index (κ3) is 3.20. The van der Waals surface area contributed by atoms with E-state index in [0.717, 1.165) is 28.6 Å². The lowest BCUT2D eigenvalue weighted by atomic mass is 10.2. The van der Waals surface area contributed by atoms with Gasteiger partial charge < -0.3 is 11.1 Å². The number of nitrogens with one attached hydrogen (secondary N) is 1. The molecule has 2 aromatic rings. The molecule has 96 valence electrons. The van der Waals surface area contributed by atoms with Gasteiger partial charge in [-0.25, -0.2) is 4.98 Å². The molecular weight excluding hydrogens is 246 g/mol. The predicted octanol–water partition coefficient (Wildman–Crippen LogP) is 2.68. The second kappa shape index (κ2) is 5.82. The summed E-state index contributed by atoms with van der Waals surface area (Å²) in [5.41, 5.74) is 7.65. The summed E-state index contributed by atoms with van der Waals surface area (Å²) in [6.07, 6.45) is 2.59. The van der Waals surface area contributed by atoms with E-state index in [1.54, 1.807) is 0 Å². The maximum atomic E-state index is 11.5. The first-order chi connectivity index (χ1) is 8.69. The molecule has 0 unspecified atom stereocenters. The van der Waals surface area contributed by atoms with Gasteiger partial charge in [-0.1, -0.05) is 30.7 Å². The molecule has 0 saturated heterocycles. The van der Waals surface area contributed by atoms with Crippen molar-refractivity contribution >= 4 is 32.6 Å². The van der Waals surface area contributed by atoms with Crippen LogP contribution in [-0.4, -0.2) is 10.9 Å². The van der Waals surface area contributed by atoms with Crippen molar-refractivity contribution in [3.05, 3.63) is 23.8 Å². The number of nitrogens with zero attached hydrogens (tertiary/aromatic N) is 1. The number of nitrogens with two attached hydrogens (primary N) is 1. The molecule has 0 fully saturated rings. The van der Waals surface area contributed by atoms with E-state index in [9.17, 15) is 4.79 Å². The smallest absolute Gasteiger partial charge is 0.220 e. The highest BCUT2D eigenvalue weighted by Gasteiger charge is 2.04. The fourth-order valence-electron chi connectivity index (χ4n) is 1.72. The number of aromatic nitrogens is 1. The van der Waals surface area contributed by atoms with E-state index in [2.05, 4.69) is 17.2 Å². The Morgan fingerprint density at radius 1 is 1.50 bits per heavy atom. The summed E-state index contributed by atoms with van der Waals surface area (Å²) in [5, 5.41) is 3.50. The molecule has 0 aliphatic heterocycles. The fraction of sp³-hybridized carbons (Fsp3) is 0.385. The molecular formula is C13H17N3OS. The van der Waals surface area contributed by atoms with E-state index in [1.165, 1.54) is 11.3 Å². The quantitative estimate of drug-likeness (QED) is 0.871. The molecule has 3 N–H and O–H groups in total. The summed E-state index contributed by atoms with van der Waals surface area (Å²) in [5.74, 6) is 0.112. The Bertz CT molecular complexity index is 550. The third-order valence-electron chi connectivity index (χ3n) is 2.72. The molecule has 0 aliphatic carbocycles. The van der Waals surface area contributed by atoms with Crippen LogP contribution >= 0.6 is 11.3 Å². The summed E-state index contributed by atoms with van der Waals surface area (Å²) < 4.78 is 1.06. The Morgan fingerprint density at radius 2 is 2.33 bits per heavy atom. The van der Waals surface area contributed by atoms with Crippen molar-refractivity contribution in [1.82, 2.24) is 10.3 Å². The summed E-state index contributed by atoms with van der Waals surface area (Å²) in [4.78, 5) is 15.7. The van der Waals surface area contributed by atoms with Gasteiger partial charge in [-0.15, -0.1) is 0 Å². The molecule has 5 heteroatoms. The number of hydrogen-bond donors (Lipinski definition) is 2. The third-order valence-corrected chi connectivity index (χ3v) is 3.56. The van der Waals surface area contributed by atoms with Gasteiger partial charge in [0.1, 0.15) is 0 Å². The van der Waals surface area contributed by atoms with Crippen LogP contribution in [0.3, 0.4) is 0 Å². The maximum absolute atomic E-state index is 11.5. The van der Waals surface area contributed by atoms with Crippen LogP contribution in [0.25, 0.3) is 10.2 Å². The van der Waals surface area contributed by atoms with Gasteiger partial charge >= 0.3 is 0 Å². The van der Waals surface area contributed by atoms with Crippen LogP contribution in [0.2, 0.25) is 0 Å². The molecule has 0 spiro atoms. The predicted molar refractivity (Wildman–Crippen MR) is 75.4 cm³/mol. The van der Waals surface area contributed by atoms with Crippen LogP contribution in [0, 0.1) is 0 Å². The summed E-state index contributed by atoms with van der Waals surface area (Å²) in [6.45, 7) is 2.64. The number of carbonyl (C=O) groups excluding carboxylic acids is 1. The maximum Gasteiger partial charge on any atom is 0.220 e. The minimum absolute atomic E-state index is 0.112. The van der Waals surface area contributed by atoms with Crippen molar-refractivity contribution in [1.29, 1.82) is 0 Å². The highest BCUT2D eigenvalue weighted by atomic mass is 32.1. The summed E-state index contributed by atoms with van der Waals surface area (Å²) >= 11 is 1.47. The van der Waals surface area contributed by atoms with Gasteiger partial charge in [-0.2, -0.15) is 0 Å². The largest absolute Gasteiger partial charge is 0.375 e. The van der Waals surface area contributed by atoms with E-state index in [0.29, 0.717) is 18.1 Å². The molecule has 2 rings (SSSR count). The van der Waals surface area contributed by atoms with Gasteiger partial charge in [-0.05, 0) is 24.1 Å². The number of fused-ring (bicyclic) bond motifs is 1. The molecule has 1 aromatic carbocycles. The van der Waals surface area contributed by atoms with E-state index in [-0.39, 0.29) is 5.91 Å². The van der Waals surface area contributed by atoms with Gasteiger partial charge in [0.25, 0.3) is 0 Å². The van der Waals surface area contributed by atoms with Crippen LogP contribution in [0.5, 0.6) is 0 Å². The Balaban J connectivity index is 1.97. The number of carbonyl (C=O) groups is 1. The Kier molecular flexibility index (Phi) is 4.15. The van der Waals surface area contributed by atoms with Crippen molar-refractivity contribution in [2.75, 3.05) is 5.73 Å². The summed E-state index contributed by atoms with van der Waals surface area (Å²) in [7, 11) is 0. The average Bonchev–Trinajstić information content (AvgIpc) is 2.73. The number of benzene rings is 1. The molecule has 0 atom stereocenters. The molecule has 18 heavy (non-hydrogen) atoms. The van der Waals surface area contributed by atoms with Crippen molar-refractivity contribution < 1.29 is 4.79 Å². The van der Waals surface area contributed by atoms with Crippen molar-refractivity contribution in [2.24, 2.45) is 0 Å². The Labute approximate surface area is 110 Å². The molecule has 0 aliphatic rings. The lowest BCUT2D eigenvalue weighted by Gasteiger charge is -2.04. The minimum atomic E-state index is 0.112. The standard InChI is InChI=1S/C13H17N3OS/c1-2-3-4-12(17)15-8-9-5-6-10-11(7-9)18-13(14)16-10/h5-7H,2-4,8H2,1H3,(H2,14,16)(H,15,17). The van der Waals surface area contributed by atoms with Crippen LogP contribution in [0.15, 0.2) is 18.2 Å². The van der Waals surface area contributed by atoms with E-state index in [4.69, 9.17) is 5.73 Å². The highest BCUT2D eigenvalue weighted by Crippen LogP contribution is 2.24. The SMILES string of the molecule is CCCCC(=O)NCc1ccc2nc(N)sc2c1. The minimum Gasteiger partial charge on any atom is -0.375 e. The first kappa shape index (κ1) is 12.8. The zero-order valence-electron chi connectivity index (χ0n) is 10.4. The molecule has 4 nitrogen and oxygen atoms in total. The van der Waals surface area contributed by atoms with Gasteiger partial charge in [0, 0.05) is 13.0 Å². The van der Waals surface area contributed by atoms with Crippen LogP contribution < -0.4 is 11.1 Å². The Morgan fingerprint density at radius 3 is 3.11 bits per heavy atom.